The average Bonchev–Trinajstić information content (AvgIpc) is 3.24. The minimum Gasteiger partial charge on any atom is -0.377 e. The Morgan fingerprint density at radius 2 is 1.54 bits per heavy atom. The first-order valence-corrected chi connectivity index (χ1v) is 15.5. The number of hydrogen-bond donors (Lipinski definition) is 0. The molecule has 6 nitrogen and oxygen atoms in total. The molecule has 41 heavy (non-hydrogen) atoms. The Labute approximate surface area is 253 Å². The molecule has 0 spiro atoms. The van der Waals surface area contributed by atoms with Crippen LogP contribution < -0.4 is 4.18 Å². The van der Waals surface area contributed by atoms with E-state index < -0.39 is 10.1 Å². The molecule has 4 aromatic carbocycles. The fourth-order valence-corrected chi connectivity index (χ4v) is 6.58. The highest BCUT2D eigenvalue weighted by Crippen LogP contribution is 2.40. The van der Waals surface area contributed by atoms with Crippen molar-refractivity contribution in [2.45, 2.75) is 24.9 Å². The number of benzene rings is 4. The third-order valence-electron chi connectivity index (χ3n) is 6.14. The van der Waals surface area contributed by atoms with E-state index in [9.17, 15) is 13.2 Å². The van der Waals surface area contributed by atoms with Crippen LogP contribution in [0.5, 0.6) is 5.75 Å². The predicted octanol–water partition coefficient (Wildman–Crippen LogP) is 7.74. The molecule has 0 atom stereocenters. The highest BCUT2D eigenvalue weighted by atomic mass is 35.5. The number of aliphatic imine (C=N–C) groups is 1. The second kappa shape index (κ2) is 12.5. The molecule has 1 fully saturated rings. The van der Waals surface area contributed by atoms with Gasteiger partial charge in [0.15, 0.2) is 10.9 Å². The number of halogens is 2. The zero-order valence-corrected chi connectivity index (χ0v) is 25.0. The van der Waals surface area contributed by atoms with E-state index in [0.717, 1.165) is 16.7 Å². The first kappa shape index (κ1) is 29.0. The predicted molar refractivity (Wildman–Crippen MR) is 166 cm³/mol. The van der Waals surface area contributed by atoms with Crippen LogP contribution in [0, 0.1) is 6.92 Å². The van der Waals surface area contributed by atoms with Gasteiger partial charge in [0, 0.05) is 10.6 Å². The fourth-order valence-electron chi connectivity index (χ4n) is 4.05. The van der Waals surface area contributed by atoms with E-state index in [-0.39, 0.29) is 32.2 Å². The maximum absolute atomic E-state index is 13.7. The summed E-state index contributed by atoms with van der Waals surface area (Å²) < 4.78 is 31.7. The molecular formula is C31H24Cl2N2O4S2. The lowest BCUT2D eigenvalue weighted by molar-refractivity contribution is -0.122. The number of rotatable bonds is 8. The molecule has 1 saturated heterocycles. The minimum absolute atomic E-state index is 0.00501. The molecule has 0 saturated carbocycles. The normalized spacial score (nSPS) is 15.6. The van der Waals surface area contributed by atoms with Crippen molar-refractivity contribution in [3.8, 4) is 5.75 Å². The first-order valence-electron chi connectivity index (χ1n) is 12.5. The number of carbonyl (C=O) groups is 1. The lowest BCUT2D eigenvalue weighted by Crippen LogP contribution is -2.28. The second-order valence-electron chi connectivity index (χ2n) is 9.23. The Morgan fingerprint density at radius 1 is 0.902 bits per heavy atom. The van der Waals surface area contributed by atoms with E-state index in [1.54, 1.807) is 17.0 Å². The van der Waals surface area contributed by atoms with Gasteiger partial charge in [0.05, 0.1) is 23.0 Å². The van der Waals surface area contributed by atoms with Crippen LogP contribution in [0.1, 0.15) is 22.3 Å². The zero-order valence-electron chi connectivity index (χ0n) is 21.8. The largest absolute Gasteiger partial charge is 0.377 e. The number of amidine groups is 1. The highest BCUT2D eigenvalue weighted by Gasteiger charge is 2.34. The Morgan fingerprint density at radius 3 is 2.20 bits per heavy atom. The van der Waals surface area contributed by atoms with E-state index in [2.05, 4.69) is 0 Å². The molecule has 0 radical (unpaired) electrons. The Kier molecular flexibility index (Phi) is 8.85. The fraction of sp³-hybridized carbons (Fsp3) is 0.0968. The molecule has 10 heteroatoms. The van der Waals surface area contributed by atoms with E-state index in [4.69, 9.17) is 32.4 Å². The minimum atomic E-state index is -4.22. The summed E-state index contributed by atoms with van der Waals surface area (Å²) in [5, 5.41) is 0.780. The van der Waals surface area contributed by atoms with Crippen LogP contribution in [0.2, 0.25) is 10.0 Å². The summed E-state index contributed by atoms with van der Waals surface area (Å²) in [6.07, 6.45) is 1.54. The zero-order chi connectivity index (χ0) is 29.0. The van der Waals surface area contributed by atoms with Crippen molar-refractivity contribution >= 4 is 62.2 Å². The van der Waals surface area contributed by atoms with Crippen LogP contribution in [0.4, 0.5) is 0 Å². The van der Waals surface area contributed by atoms with Gasteiger partial charge in [-0.3, -0.25) is 14.7 Å². The highest BCUT2D eigenvalue weighted by molar-refractivity contribution is 8.18. The lowest BCUT2D eigenvalue weighted by atomic mass is 10.1. The number of nitrogens with zero attached hydrogens (tertiary/aromatic N) is 2. The number of aryl methyl sites for hydroxylation is 1. The van der Waals surface area contributed by atoms with Gasteiger partial charge in [0.2, 0.25) is 0 Å². The third kappa shape index (κ3) is 7.02. The van der Waals surface area contributed by atoms with Crippen molar-refractivity contribution < 1.29 is 17.4 Å². The van der Waals surface area contributed by atoms with Crippen LogP contribution in [0.25, 0.3) is 6.08 Å². The number of carbonyl (C=O) groups excluding carboxylic acids is 1. The smallest absolute Gasteiger partial charge is 0.339 e. The summed E-state index contributed by atoms with van der Waals surface area (Å²) in [7, 11) is -4.22. The van der Waals surface area contributed by atoms with Crippen LogP contribution >= 0.6 is 35.0 Å². The SMILES string of the molecule is Cc1ccc(S(=O)(=O)Oc2c(Cl)cc(Cl)cc2/C=C2/SC(=NCc3ccccc3)N(Cc3ccccc3)C2=O)cc1. The van der Waals surface area contributed by atoms with E-state index in [1.165, 1.54) is 42.1 Å². The average molecular weight is 624 g/mol. The first-order chi connectivity index (χ1) is 19.7. The summed E-state index contributed by atoms with van der Waals surface area (Å²) in [5.41, 5.74) is 3.09. The third-order valence-corrected chi connectivity index (χ3v) is 8.92. The molecular weight excluding hydrogens is 599 g/mol. The van der Waals surface area contributed by atoms with Gasteiger partial charge >= 0.3 is 10.1 Å². The summed E-state index contributed by atoms with van der Waals surface area (Å²) in [6, 6.07) is 28.5. The molecule has 0 unspecified atom stereocenters. The topological polar surface area (TPSA) is 76.0 Å². The molecule has 0 aromatic heterocycles. The van der Waals surface area contributed by atoms with Crippen LogP contribution in [0.15, 0.2) is 112 Å². The van der Waals surface area contributed by atoms with Crippen molar-refractivity contribution in [3.63, 3.8) is 0 Å². The standard InChI is InChI=1S/C31H24Cl2N2O4S2/c1-21-12-14-26(15-13-21)41(37,38)39-29-24(16-25(32)18-27(29)33)17-28-30(36)35(20-23-10-6-3-7-11-23)31(40-28)34-19-22-8-4-2-5-9-22/h2-18H,19-20H2,1H3/b28-17+,34-31?. The maximum Gasteiger partial charge on any atom is 0.339 e. The molecule has 1 aliphatic rings. The second-order valence-corrected chi connectivity index (χ2v) is 12.6. The van der Waals surface area contributed by atoms with Crippen molar-refractivity contribution in [1.29, 1.82) is 0 Å². The van der Waals surface area contributed by atoms with Crippen LogP contribution in [-0.2, 0) is 28.0 Å². The van der Waals surface area contributed by atoms with Crippen molar-refractivity contribution in [3.05, 3.63) is 134 Å². The van der Waals surface area contributed by atoms with Gasteiger partial charge in [-0.05, 0) is 60.2 Å². The van der Waals surface area contributed by atoms with Gasteiger partial charge in [0.25, 0.3) is 5.91 Å². The Bertz CT molecular complexity index is 1740. The van der Waals surface area contributed by atoms with Gasteiger partial charge < -0.3 is 4.18 Å². The van der Waals surface area contributed by atoms with E-state index in [0.29, 0.717) is 23.2 Å². The van der Waals surface area contributed by atoms with Gasteiger partial charge in [-0.1, -0.05) is 102 Å². The quantitative estimate of drug-likeness (QED) is 0.148. The number of thioether (sulfide) groups is 1. The van der Waals surface area contributed by atoms with Crippen LogP contribution in [-0.4, -0.2) is 24.4 Å². The molecule has 1 amide bonds. The van der Waals surface area contributed by atoms with E-state index >= 15 is 0 Å². The molecule has 1 aliphatic heterocycles. The summed E-state index contributed by atoms with van der Waals surface area (Å²) >= 11 is 13.9. The molecule has 0 bridgehead atoms. The molecule has 208 valence electrons. The summed E-state index contributed by atoms with van der Waals surface area (Å²) in [5.74, 6) is -0.407. The number of hydrogen-bond acceptors (Lipinski definition) is 6. The van der Waals surface area contributed by atoms with Crippen LogP contribution in [0.3, 0.4) is 0 Å². The summed E-state index contributed by atoms with van der Waals surface area (Å²) in [6.45, 7) is 2.56. The number of amides is 1. The summed E-state index contributed by atoms with van der Waals surface area (Å²) in [4.78, 5) is 20.3. The maximum atomic E-state index is 13.7. The van der Waals surface area contributed by atoms with Gasteiger partial charge in [-0.15, -0.1) is 0 Å². The molecule has 0 N–H and O–H groups in total. The van der Waals surface area contributed by atoms with Gasteiger partial charge in [-0.25, -0.2) is 0 Å². The molecule has 0 aliphatic carbocycles. The lowest BCUT2D eigenvalue weighted by Gasteiger charge is -2.16. The van der Waals surface area contributed by atoms with Gasteiger partial charge in [-0.2, -0.15) is 8.42 Å². The van der Waals surface area contributed by atoms with Gasteiger partial charge in [0.1, 0.15) is 4.90 Å². The Balaban J connectivity index is 1.51. The monoisotopic (exact) mass is 622 g/mol. The molecule has 1 heterocycles. The van der Waals surface area contributed by atoms with E-state index in [1.807, 2.05) is 67.6 Å². The van der Waals surface area contributed by atoms with Crippen molar-refractivity contribution in [2.75, 3.05) is 0 Å². The van der Waals surface area contributed by atoms with Crippen molar-refractivity contribution in [2.24, 2.45) is 4.99 Å². The molecule has 5 rings (SSSR count). The Hall–Kier alpha value is -3.56. The van der Waals surface area contributed by atoms with Crippen molar-refractivity contribution in [1.82, 2.24) is 4.90 Å². The molecule has 4 aromatic rings.